The standard InChI is InChI=1S/C16H26N2/c1-4-14-6-5-9-18(12-14)16-8-7-15(11-17-3)10-13(16)2/h7-8,10,14,17H,4-6,9,11-12H2,1-3H3. The Morgan fingerprint density at radius 2 is 2.22 bits per heavy atom. The fraction of sp³-hybridized carbons (Fsp3) is 0.625. The summed E-state index contributed by atoms with van der Waals surface area (Å²) in [6, 6.07) is 6.88. The van der Waals surface area contributed by atoms with Crippen molar-refractivity contribution < 1.29 is 0 Å². The molecule has 1 N–H and O–H groups in total. The van der Waals surface area contributed by atoms with Crippen LogP contribution in [0, 0.1) is 12.8 Å². The molecule has 1 saturated heterocycles. The van der Waals surface area contributed by atoms with Crippen molar-refractivity contribution in [2.45, 2.75) is 39.7 Å². The van der Waals surface area contributed by atoms with Gasteiger partial charge in [-0.05, 0) is 49.9 Å². The molecule has 1 unspecified atom stereocenters. The van der Waals surface area contributed by atoms with Gasteiger partial charge in [-0.1, -0.05) is 25.5 Å². The van der Waals surface area contributed by atoms with Crippen molar-refractivity contribution >= 4 is 5.69 Å². The number of anilines is 1. The molecule has 1 heterocycles. The Morgan fingerprint density at radius 3 is 2.89 bits per heavy atom. The highest BCUT2D eigenvalue weighted by atomic mass is 15.1. The zero-order valence-electron chi connectivity index (χ0n) is 12.0. The van der Waals surface area contributed by atoms with Gasteiger partial charge in [0.25, 0.3) is 0 Å². The van der Waals surface area contributed by atoms with E-state index < -0.39 is 0 Å². The van der Waals surface area contributed by atoms with Gasteiger partial charge in [-0.3, -0.25) is 0 Å². The van der Waals surface area contributed by atoms with E-state index in [-0.39, 0.29) is 0 Å². The van der Waals surface area contributed by atoms with Crippen LogP contribution in [0.4, 0.5) is 5.69 Å². The topological polar surface area (TPSA) is 15.3 Å². The smallest absolute Gasteiger partial charge is 0.0396 e. The summed E-state index contributed by atoms with van der Waals surface area (Å²) < 4.78 is 0. The molecule has 1 fully saturated rings. The van der Waals surface area contributed by atoms with E-state index in [0.29, 0.717) is 0 Å². The third-order valence-corrected chi connectivity index (χ3v) is 4.08. The van der Waals surface area contributed by atoms with E-state index in [4.69, 9.17) is 0 Å². The van der Waals surface area contributed by atoms with Crippen LogP contribution < -0.4 is 10.2 Å². The van der Waals surface area contributed by atoms with Gasteiger partial charge in [0, 0.05) is 25.3 Å². The Balaban J connectivity index is 2.12. The molecule has 1 aromatic rings. The minimum atomic E-state index is 0.884. The average Bonchev–Trinajstić information content (AvgIpc) is 2.39. The monoisotopic (exact) mass is 246 g/mol. The summed E-state index contributed by atoms with van der Waals surface area (Å²) in [7, 11) is 2.00. The number of hydrogen-bond acceptors (Lipinski definition) is 2. The SMILES string of the molecule is CCC1CCCN(c2ccc(CNC)cc2C)C1. The molecule has 2 nitrogen and oxygen atoms in total. The van der Waals surface area contributed by atoms with Gasteiger partial charge in [-0.25, -0.2) is 0 Å². The lowest BCUT2D eigenvalue weighted by atomic mass is 9.94. The molecule has 100 valence electrons. The van der Waals surface area contributed by atoms with Gasteiger partial charge >= 0.3 is 0 Å². The summed E-state index contributed by atoms with van der Waals surface area (Å²) >= 11 is 0. The summed E-state index contributed by atoms with van der Waals surface area (Å²) in [6.07, 6.45) is 4.06. The summed E-state index contributed by atoms with van der Waals surface area (Å²) in [6.45, 7) is 7.98. The highest BCUT2D eigenvalue weighted by Crippen LogP contribution is 2.27. The Kier molecular flexibility index (Phi) is 4.65. The second-order valence-electron chi connectivity index (χ2n) is 5.51. The molecule has 0 amide bonds. The molecule has 2 heteroatoms. The number of nitrogens with zero attached hydrogens (tertiary/aromatic N) is 1. The maximum Gasteiger partial charge on any atom is 0.0396 e. The van der Waals surface area contributed by atoms with E-state index in [1.807, 2.05) is 7.05 Å². The zero-order valence-corrected chi connectivity index (χ0v) is 12.0. The molecular formula is C16H26N2. The Morgan fingerprint density at radius 1 is 1.39 bits per heavy atom. The van der Waals surface area contributed by atoms with Crippen LogP contribution in [-0.2, 0) is 6.54 Å². The number of rotatable bonds is 4. The first-order valence-corrected chi connectivity index (χ1v) is 7.23. The number of hydrogen-bond donors (Lipinski definition) is 1. The third-order valence-electron chi connectivity index (χ3n) is 4.08. The van der Waals surface area contributed by atoms with Gasteiger partial charge < -0.3 is 10.2 Å². The molecule has 1 aliphatic heterocycles. The van der Waals surface area contributed by atoms with Gasteiger partial charge in [0.15, 0.2) is 0 Å². The first kappa shape index (κ1) is 13.4. The Bertz CT molecular complexity index is 387. The third kappa shape index (κ3) is 3.05. The summed E-state index contributed by atoms with van der Waals surface area (Å²) in [5.41, 5.74) is 4.23. The Hall–Kier alpha value is -1.02. The van der Waals surface area contributed by atoms with Gasteiger partial charge in [-0.2, -0.15) is 0 Å². The van der Waals surface area contributed by atoms with Crippen molar-refractivity contribution in [2.24, 2.45) is 5.92 Å². The molecule has 18 heavy (non-hydrogen) atoms. The van der Waals surface area contributed by atoms with Crippen molar-refractivity contribution in [2.75, 3.05) is 25.0 Å². The minimum absolute atomic E-state index is 0.884. The molecule has 0 radical (unpaired) electrons. The Labute approximate surface area is 111 Å². The minimum Gasteiger partial charge on any atom is -0.371 e. The highest BCUT2D eigenvalue weighted by molar-refractivity contribution is 5.54. The largest absolute Gasteiger partial charge is 0.371 e. The number of benzene rings is 1. The van der Waals surface area contributed by atoms with Crippen LogP contribution in [0.25, 0.3) is 0 Å². The second kappa shape index (κ2) is 6.24. The number of nitrogens with one attached hydrogen (secondary N) is 1. The van der Waals surface area contributed by atoms with E-state index in [1.165, 1.54) is 49.2 Å². The molecule has 0 aliphatic carbocycles. The molecule has 2 rings (SSSR count). The van der Waals surface area contributed by atoms with Crippen molar-refractivity contribution in [1.82, 2.24) is 5.32 Å². The van der Waals surface area contributed by atoms with Crippen LogP contribution in [0.2, 0.25) is 0 Å². The summed E-state index contributed by atoms with van der Waals surface area (Å²) in [5, 5.41) is 3.21. The van der Waals surface area contributed by atoms with Crippen molar-refractivity contribution in [3.8, 4) is 0 Å². The van der Waals surface area contributed by atoms with E-state index in [1.54, 1.807) is 0 Å². The summed E-state index contributed by atoms with van der Waals surface area (Å²) in [5.74, 6) is 0.884. The zero-order chi connectivity index (χ0) is 13.0. The molecule has 0 bridgehead atoms. The molecule has 0 aromatic heterocycles. The molecule has 0 spiro atoms. The van der Waals surface area contributed by atoms with Gasteiger partial charge in [0.1, 0.15) is 0 Å². The predicted molar refractivity (Wildman–Crippen MR) is 79.2 cm³/mol. The van der Waals surface area contributed by atoms with Crippen LogP contribution in [0.15, 0.2) is 18.2 Å². The average molecular weight is 246 g/mol. The van der Waals surface area contributed by atoms with Crippen molar-refractivity contribution in [3.63, 3.8) is 0 Å². The summed E-state index contributed by atoms with van der Waals surface area (Å²) in [4.78, 5) is 2.58. The van der Waals surface area contributed by atoms with Gasteiger partial charge in [0.2, 0.25) is 0 Å². The molecule has 0 saturated carbocycles. The number of aryl methyl sites for hydroxylation is 1. The molecular weight excluding hydrogens is 220 g/mol. The van der Waals surface area contributed by atoms with E-state index >= 15 is 0 Å². The van der Waals surface area contributed by atoms with Crippen LogP contribution in [0.3, 0.4) is 0 Å². The molecule has 1 aromatic carbocycles. The maximum atomic E-state index is 3.21. The van der Waals surface area contributed by atoms with Crippen molar-refractivity contribution in [1.29, 1.82) is 0 Å². The quantitative estimate of drug-likeness (QED) is 0.876. The van der Waals surface area contributed by atoms with Crippen LogP contribution in [-0.4, -0.2) is 20.1 Å². The van der Waals surface area contributed by atoms with Gasteiger partial charge in [-0.15, -0.1) is 0 Å². The second-order valence-corrected chi connectivity index (χ2v) is 5.51. The van der Waals surface area contributed by atoms with E-state index in [0.717, 1.165) is 12.5 Å². The van der Waals surface area contributed by atoms with Gasteiger partial charge in [0.05, 0.1) is 0 Å². The van der Waals surface area contributed by atoms with Crippen LogP contribution in [0.1, 0.15) is 37.3 Å². The van der Waals surface area contributed by atoms with Crippen LogP contribution >= 0.6 is 0 Å². The van der Waals surface area contributed by atoms with Crippen molar-refractivity contribution in [3.05, 3.63) is 29.3 Å². The number of piperidine rings is 1. The van der Waals surface area contributed by atoms with E-state index in [2.05, 4.69) is 42.3 Å². The molecule has 1 aliphatic rings. The lowest BCUT2D eigenvalue weighted by molar-refractivity contribution is 0.404. The first-order chi connectivity index (χ1) is 8.74. The predicted octanol–water partition coefficient (Wildman–Crippen LogP) is 3.34. The molecule has 1 atom stereocenters. The fourth-order valence-corrected chi connectivity index (χ4v) is 3.00. The lowest BCUT2D eigenvalue weighted by Gasteiger charge is -2.35. The normalized spacial score (nSPS) is 20.2. The maximum absolute atomic E-state index is 3.21. The highest BCUT2D eigenvalue weighted by Gasteiger charge is 2.19. The lowest BCUT2D eigenvalue weighted by Crippen LogP contribution is -2.35. The van der Waals surface area contributed by atoms with Crippen LogP contribution in [0.5, 0.6) is 0 Å². The van der Waals surface area contributed by atoms with E-state index in [9.17, 15) is 0 Å². The first-order valence-electron chi connectivity index (χ1n) is 7.23. The fourth-order valence-electron chi connectivity index (χ4n) is 3.00.